The molecule has 4 aromatic carbocycles. The first-order valence-electron chi connectivity index (χ1n) is 20.7. The van der Waals surface area contributed by atoms with Gasteiger partial charge in [0.05, 0.1) is 11.1 Å². The smallest absolute Gasteiger partial charge is 0.399 e. The Morgan fingerprint density at radius 3 is 1.62 bits per heavy atom. The number of fused-ring (bicyclic) bond motifs is 2. The van der Waals surface area contributed by atoms with Crippen LogP contribution in [0.15, 0.2) is 72.8 Å². The Labute approximate surface area is 379 Å². The molecule has 8 rings (SSSR count). The maximum Gasteiger partial charge on any atom is 0.416 e. The molecule has 0 radical (unpaired) electrons. The van der Waals surface area contributed by atoms with E-state index >= 15 is 0 Å². The third kappa shape index (κ3) is 12.3. The van der Waals surface area contributed by atoms with Crippen LogP contribution in [0.5, 0.6) is 0 Å². The number of halogens is 9. The van der Waals surface area contributed by atoms with Gasteiger partial charge in [-0.2, -0.15) is 26.3 Å². The van der Waals surface area contributed by atoms with E-state index in [-0.39, 0.29) is 64.9 Å². The van der Waals surface area contributed by atoms with Crippen LogP contribution in [0, 0.1) is 11.6 Å². The number of rotatable bonds is 3. The summed E-state index contributed by atoms with van der Waals surface area (Å²) in [4.78, 5) is 39.1. The van der Waals surface area contributed by atoms with Gasteiger partial charge < -0.3 is 43.4 Å². The number of alkyl halides is 7. The molecule has 346 valence electrons. The van der Waals surface area contributed by atoms with Gasteiger partial charge in [-0.3, -0.25) is 9.59 Å². The zero-order chi connectivity index (χ0) is 47.7. The van der Waals surface area contributed by atoms with Crippen molar-refractivity contribution in [2.45, 2.75) is 75.0 Å². The second-order valence-corrected chi connectivity index (χ2v) is 15.8. The number of nitrogen functional groups attached to an aromatic ring is 2. The van der Waals surface area contributed by atoms with Gasteiger partial charge in [0, 0.05) is 85.3 Å². The number of piperidine rings is 2. The van der Waals surface area contributed by atoms with Crippen LogP contribution >= 0.6 is 22.6 Å². The molecule has 64 heavy (non-hydrogen) atoms. The lowest BCUT2D eigenvalue weighted by Crippen LogP contribution is -2.55. The fourth-order valence-corrected chi connectivity index (χ4v) is 8.15. The molecule has 0 aliphatic carbocycles. The van der Waals surface area contributed by atoms with Crippen molar-refractivity contribution >= 4 is 62.9 Å². The van der Waals surface area contributed by atoms with Crippen LogP contribution in [-0.4, -0.2) is 64.7 Å². The minimum absolute atomic E-state index is 0.00688. The van der Waals surface area contributed by atoms with Crippen molar-refractivity contribution < 1.29 is 50.9 Å². The van der Waals surface area contributed by atoms with Crippen LogP contribution in [0.2, 0.25) is 0 Å². The van der Waals surface area contributed by atoms with Crippen molar-refractivity contribution in [2.75, 3.05) is 53.2 Å². The van der Waals surface area contributed by atoms with E-state index in [4.69, 9.17) is 18.6 Å². The molecule has 2 saturated heterocycles. The van der Waals surface area contributed by atoms with Gasteiger partial charge in [0.1, 0.15) is 11.6 Å². The Balaban J connectivity index is 0.000000200. The van der Waals surface area contributed by atoms with Gasteiger partial charge in [0.25, 0.3) is 0 Å². The Morgan fingerprint density at radius 2 is 1.17 bits per heavy atom. The van der Waals surface area contributed by atoms with Crippen LogP contribution in [-0.2, 0) is 25.4 Å². The highest BCUT2D eigenvalue weighted by molar-refractivity contribution is 14.1. The first-order valence-corrected chi connectivity index (χ1v) is 21.6. The summed E-state index contributed by atoms with van der Waals surface area (Å²) in [7, 11) is 0. The average Bonchev–Trinajstić information content (AvgIpc) is 3.24. The maximum atomic E-state index is 13.4. The van der Waals surface area contributed by atoms with Crippen LogP contribution < -0.4 is 38.5 Å². The molecule has 2 amide bonds. The van der Waals surface area contributed by atoms with Crippen molar-refractivity contribution in [1.82, 2.24) is 15.5 Å². The molecule has 0 atom stereocenters. The number of Topliss-reactive ketones (excluding diaryl/α,β-unsaturated/α-hetero) is 2. The number of urea groups is 1. The van der Waals surface area contributed by atoms with Gasteiger partial charge in [0.2, 0.25) is 0 Å². The standard InChI is InChI=1S/C22H22F4N4O2.C13H15FN2O.C8H9F3N2.CH3I/c23-14-2-4-18-16(9-14)19(31)11-21(29-18)5-7-30(8-6-21)20(32)28-12-13-1-3-15(27)10-17(13)22(24,25)26;14-9-1-2-11-10(7-9)12(17)8-13(16-11)3-5-15-6-4-13;9-8(10,11)7-3-6(13)2-1-5(7)4-12;1-2/h1-4,9-10,29H,5-8,11-12,27H2,(H,28,32);1-2,7,15-16H,3-6,8H2;1-3H,4,12-13H2;1H3/i;;;1D. The molecule has 0 bridgehead atoms. The summed E-state index contributed by atoms with van der Waals surface area (Å²) < 4.78 is 109. The molecular formula is C44H49F8IN8O3. The summed E-state index contributed by atoms with van der Waals surface area (Å²) in [6.45, 7) is 2.08. The van der Waals surface area contributed by atoms with Crippen LogP contribution in [0.3, 0.4) is 0 Å². The van der Waals surface area contributed by atoms with Crippen molar-refractivity contribution in [3.05, 3.63) is 118 Å². The molecule has 20 heteroatoms. The summed E-state index contributed by atoms with van der Waals surface area (Å²) >= 11 is 1.96. The molecule has 2 spiro atoms. The number of likely N-dealkylation sites (tertiary alicyclic amines) is 1. The SMILES string of the molecule is NCc1ccc(N)cc1C(F)(F)F.Nc1ccc(CNC(=O)N2CCC3(CC2)CC(=O)c2cc(F)ccc2N3)c(C(F)(F)F)c1.O=C1CC2(CCNCC2)Nc2ccc(F)cc21.[2H]CI. The highest BCUT2D eigenvalue weighted by atomic mass is 127. The second-order valence-electron chi connectivity index (χ2n) is 15.8. The lowest BCUT2D eigenvalue weighted by Gasteiger charge is -2.45. The molecule has 0 saturated carbocycles. The zero-order valence-corrected chi connectivity index (χ0v) is 36.6. The van der Waals surface area contributed by atoms with E-state index < -0.39 is 40.9 Å². The first-order chi connectivity index (χ1) is 30.6. The Morgan fingerprint density at radius 1 is 0.734 bits per heavy atom. The number of hydrogen-bond acceptors (Lipinski definition) is 9. The second kappa shape index (κ2) is 20.7. The molecule has 4 aromatic rings. The van der Waals surface area contributed by atoms with Crippen LogP contribution in [0.4, 0.5) is 62.7 Å². The zero-order valence-electron chi connectivity index (χ0n) is 35.4. The summed E-state index contributed by atoms with van der Waals surface area (Å²) in [5.74, 6) is -0.921. The lowest BCUT2D eigenvalue weighted by atomic mass is 9.78. The summed E-state index contributed by atoms with van der Waals surface area (Å²) in [5.41, 5.74) is 15.8. The quantitative estimate of drug-likeness (QED) is 0.0457. The van der Waals surface area contributed by atoms with E-state index in [2.05, 4.69) is 21.3 Å². The molecule has 2 fully saturated rings. The number of benzene rings is 4. The number of hydrogen-bond donors (Lipinski definition) is 7. The molecule has 0 aromatic heterocycles. The summed E-state index contributed by atoms with van der Waals surface area (Å²) in [6, 6.07) is 15.0. The fraction of sp³-hybridized carbons (Fsp3) is 0.386. The number of ketones is 2. The van der Waals surface area contributed by atoms with E-state index in [1.165, 1.54) is 59.5 Å². The van der Waals surface area contributed by atoms with Gasteiger partial charge in [-0.1, -0.05) is 34.7 Å². The Kier molecular flexibility index (Phi) is 15.6. The van der Waals surface area contributed by atoms with Crippen molar-refractivity contribution in [2.24, 2.45) is 5.73 Å². The molecule has 4 heterocycles. The average molecular weight is 1020 g/mol. The topological polar surface area (TPSA) is 181 Å². The van der Waals surface area contributed by atoms with Gasteiger partial charge in [-0.05, 0) is 115 Å². The van der Waals surface area contributed by atoms with Gasteiger partial charge in [-0.15, -0.1) is 0 Å². The minimum Gasteiger partial charge on any atom is -0.399 e. The van der Waals surface area contributed by atoms with Gasteiger partial charge in [0.15, 0.2) is 11.6 Å². The third-order valence-electron chi connectivity index (χ3n) is 11.5. The van der Waals surface area contributed by atoms with Gasteiger partial charge >= 0.3 is 18.4 Å². The normalized spacial score (nSPS) is 17.3. The van der Waals surface area contributed by atoms with Crippen LogP contribution in [0.25, 0.3) is 0 Å². The molecule has 11 nitrogen and oxygen atoms in total. The minimum atomic E-state index is -4.58. The predicted molar refractivity (Wildman–Crippen MR) is 238 cm³/mol. The van der Waals surface area contributed by atoms with Crippen molar-refractivity contribution in [3.8, 4) is 0 Å². The Bertz CT molecular complexity index is 2340. The largest absolute Gasteiger partial charge is 0.416 e. The molecule has 10 N–H and O–H groups in total. The summed E-state index contributed by atoms with van der Waals surface area (Å²) in [6.07, 6.45) is -5.44. The maximum absolute atomic E-state index is 13.4. The number of carbonyl (C=O) groups excluding carboxylic acids is 3. The predicted octanol–water partition coefficient (Wildman–Crippen LogP) is 8.91. The van der Waals surface area contributed by atoms with Crippen LogP contribution in [0.1, 0.15) is 82.9 Å². The van der Waals surface area contributed by atoms with E-state index in [9.17, 15) is 49.5 Å². The third-order valence-corrected chi connectivity index (χ3v) is 11.5. The monoisotopic (exact) mass is 1020 g/mol. The molecule has 4 aliphatic rings. The molecular weight excluding hydrogens is 967 g/mol. The van der Waals surface area contributed by atoms with E-state index in [1.807, 2.05) is 22.6 Å². The molecule has 0 unspecified atom stereocenters. The highest BCUT2D eigenvalue weighted by Crippen LogP contribution is 2.39. The number of nitrogens with one attached hydrogen (secondary N) is 4. The van der Waals surface area contributed by atoms with Crippen molar-refractivity contribution in [3.63, 3.8) is 0 Å². The van der Waals surface area contributed by atoms with E-state index in [0.717, 1.165) is 43.8 Å². The molecule has 4 aliphatic heterocycles. The highest BCUT2D eigenvalue weighted by Gasteiger charge is 2.42. The van der Waals surface area contributed by atoms with Gasteiger partial charge in [-0.25, -0.2) is 13.6 Å². The lowest BCUT2D eigenvalue weighted by molar-refractivity contribution is -0.139. The first kappa shape index (κ1) is 48.2. The number of nitrogens with zero attached hydrogens (tertiary/aromatic N) is 1. The fourth-order valence-electron chi connectivity index (χ4n) is 8.15. The van der Waals surface area contributed by atoms with E-state index in [0.29, 0.717) is 54.1 Å². The number of carbonyl (C=O) groups is 3. The number of amides is 2. The number of nitrogens with two attached hydrogens (primary N) is 3. The van der Waals surface area contributed by atoms with Crippen molar-refractivity contribution in [1.29, 1.82) is 0 Å². The van der Waals surface area contributed by atoms with E-state index in [1.54, 1.807) is 6.07 Å². The summed E-state index contributed by atoms with van der Waals surface area (Å²) in [5, 5.41) is 12.6. The number of anilines is 4. The Hall–Kier alpha value is -5.22.